The van der Waals surface area contributed by atoms with E-state index in [1.165, 1.54) is 20.2 Å². The molecule has 1 atom stereocenters. The molecule has 5 aromatic rings. The molecule has 0 radical (unpaired) electrons. The van der Waals surface area contributed by atoms with Crippen LogP contribution in [-0.2, 0) is 13.0 Å². The normalized spacial score (nSPS) is 15.2. The lowest BCUT2D eigenvalue weighted by molar-refractivity contribution is -0.0526. The quantitative estimate of drug-likeness (QED) is 0.168. The van der Waals surface area contributed by atoms with Crippen LogP contribution < -0.4 is 14.8 Å². The summed E-state index contributed by atoms with van der Waals surface area (Å²) in [6.45, 7) is -4.72. The molecule has 0 aliphatic carbocycles. The number of aromatic nitrogens is 9. The van der Waals surface area contributed by atoms with Crippen LogP contribution >= 0.6 is 0 Å². The SMILES string of the molecule is O=C(CCc1cn(Cc2nnn(C3CCNC3)n2)nc1-c1cc(OC(F)F)ccc1OC(F)F)c1cnn2cccnc12. The Morgan fingerprint density at radius 1 is 1.14 bits per heavy atom. The second kappa shape index (κ2) is 12.1. The van der Waals surface area contributed by atoms with Crippen LogP contribution in [0.1, 0.15) is 40.6 Å². The predicted octanol–water partition coefficient (Wildman–Crippen LogP) is 3.18. The summed E-state index contributed by atoms with van der Waals surface area (Å²) in [7, 11) is 0. The molecule has 0 bridgehead atoms. The number of tetrazole rings is 1. The fourth-order valence-electron chi connectivity index (χ4n) is 4.88. The molecule has 0 saturated carbocycles. The molecule has 224 valence electrons. The topological polar surface area (TPSA) is 139 Å². The molecule has 1 aliphatic heterocycles. The third kappa shape index (κ3) is 6.30. The van der Waals surface area contributed by atoms with Gasteiger partial charge in [0.25, 0.3) is 0 Å². The summed E-state index contributed by atoms with van der Waals surface area (Å²) in [5.41, 5.74) is 1.27. The van der Waals surface area contributed by atoms with Gasteiger partial charge in [-0.2, -0.15) is 32.6 Å². The number of ether oxygens (including phenoxy) is 2. The van der Waals surface area contributed by atoms with Gasteiger partial charge in [0.05, 0.1) is 23.5 Å². The van der Waals surface area contributed by atoms with Crippen molar-refractivity contribution >= 4 is 11.4 Å². The van der Waals surface area contributed by atoms with Crippen molar-refractivity contribution in [2.45, 2.75) is 45.1 Å². The van der Waals surface area contributed by atoms with Gasteiger partial charge in [-0.15, -0.1) is 10.2 Å². The first-order valence-electron chi connectivity index (χ1n) is 13.2. The molecule has 5 heterocycles. The van der Waals surface area contributed by atoms with Crippen LogP contribution in [0, 0.1) is 0 Å². The lowest BCUT2D eigenvalue weighted by Crippen LogP contribution is -2.16. The summed E-state index contributed by atoms with van der Waals surface area (Å²) < 4.78 is 64.7. The van der Waals surface area contributed by atoms with Crippen LogP contribution in [0.25, 0.3) is 16.9 Å². The molecule has 13 nitrogen and oxygen atoms in total. The molecule has 43 heavy (non-hydrogen) atoms. The van der Waals surface area contributed by atoms with E-state index < -0.39 is 13.2 Å². The maximum absolute atomic E-state index is 13.3. The highest BCUT2D eigenvalue weighted by Gasteiger charge is 2.23. The first-order valence-corrected chi connectivity index (χ1v) is 13.2. The van der Waals surface area contributed by atoms with Gasteiger partial charge in [0, 0.05) is 37.1 Å². The van der Waals surface area contributed by atoms with Crippen molar-refractivity contribution in [2.75, 3.05) is 13.1 Å². The van der Waals surface area contributed by atoms with Crippen molar-refractivity contribution < 1.29 is 31.8 Å². The zero-order valence-corrected chi connectivity index (χ0v) is 22.4. The maximum atomic E-state index is 13.3. The van der Waals surface area contributed by atoms with Gasteiger partial charge in [-0.05, 0) is 54.4 Å². The summed E-state index contributed by atoms with van der Waals surface area (Å²) in [5.74, 6) is -0.504. The number of benzene rings is 1. The maximum Gasteiger partial charge on any atom is 0.387 e. The highest BCUT2D eigenvalue weighted by molar-refractivity contribution is 6.01. The number of hydrogen-bond donors (Lipinski definition) is 1. The number of alkyl halides is 4. The summed E-state index contributed by atoms with van der Waals surface area (Å²) >= 11 is 0. The van der Waals surface area contributed by atoms with E-state index in [1.807, 2.05) is 0 Å². The molecule has 4 aromatic heterocycles. The van der Waals surface area contributed by atoms with Gasteiger partial charge in [-0.1, -0.05) is 0 Å². The highest BCUT2D eigenvalue weighted by Crippen LogP contribution is 2.36. The smallest absolute Gasteiger partial charge is 0.387 e. The molecule has 1 aromatic carbocycles. The van der Waals surface area contributed by atoms with Gasteiger partial charge in [0.1, 0.15) is 18.0 Å². The molecule has 1 saturated heterocycles. The average Bonchev–Trinajstić information content (AvgIpc) is 3.79. The number of rotatable bonds is 12. The van der Waals surface area contributed by atoms with Crippen LogP contribution in [-0.4, -0.2) is 76.7 Å². The second-order valence-electron chi connectivity index (χ2n) is 9.66. The van der Waals surface area contributed by atoms with Crippen LogP contribution in [0.5, 0.6) is 11.5 Å². The number of halogens is 4. The molecule has 0 spiro atoms. The number of fused-ring (bicyclic) bond motifs is 1. The Morgan fingerprint density at radius 3 is 2.79 bits per heavy atom. The van der Waals surface area contributed by atoms with Crippen molar-refractivity contribution in [1.29, 1.82) is 0 Å². The van der Waals surface area contributed by atoms with Crippen LogP contribution in [0.3, 0.4) is 0 Å². The number of carbonyl (C=O) groups excluding carboxylic acids is 1. The van der Waals surface area contributed by atoms with Gasteiger partial charge < -0.3 is 14.8 Å². The molecule has 1 N–H and O–H groups in total. The average molecular weight is 601 g/mol. The minimum absolute atomic E-state index is 0.0159. The monoisotopic (exact) mass is 600 g/mol. The molecular weight excluding hydrogens is 576 g/mol. The van der Waals surface area contributed by atoms with Crippen molar-refractivity contribution in [3.05, 3.63) is 66.0 Å². The van der Waals surface area contributed by atoms with Crippen molar-refractivity contribution in [3.63, 3.8) is 0 Å². The Morgan fingerprint density at radius 2 is 2.00 bits per heavy atom. The number of nitrogens with zero attached hydrogens (tertiary/aromatic N) is 9. The predicted molar refractivity (Wildman–Crippen MR) is 140 cm³/mol. The van der Waals surface area contributed by atoms with Crippen LogP contribution in [0.4, 0.5) is 17.6 Å². The van der Waals surface area contributed by atoms with Crippen LogP contribution in [0.15, 0.2) is 49.1 Å². The summed E-state index contributed by atoms with van der Waals surface area (Å²) in [5, 5.41) is 24.6. The molecule has 1 unspecified atom stereocenters. The first kappa shape index (κ1) is 28.2. The molecule has 0 amide bonds. The van der Waals surface area contributed by atoms with Crippen molar-refractivity contribution in [1.82, 2.24) is 49.9 Å². The molecular formula is C26H24F4N10O3. The molecule has 17 heteroatoms. The number of Topliss-reactive ketones (excluding diaryl/α,β-unsaturated/α-hetero) is 1. The van der Waals surface area contributed by atoms with E-state index in [0.717, 1.165) is 31.2 Å². The molecule has 1 aliphatic rings. The second-order valence-corrected chi connectivity index (χ2v) is 9.66. The van der Waals surface area contributed by atoms with E-state index >= 15 is 0 Å². The summed E-state index contributed by atoms with van der Waals surface area (Å²) in [6, 6.07) is 5.07. The Kier molecular flexibility index (Phi) is 7.95. The third-order valence-electron chi connectivity index (χ3n) is 6.82. The van der Waals surface area contributed by atoms with Gasteiger partial charge in [0.15, 0.2) is 17.3 Å². The summed E-state index contributed by atoms with van der Waals surface area (Å²) in [4.78, 5) is 18.9. The lowest BCUT2D eigenvalue weighted by Gasteiger charge is -2.13. The minimum Gasteiger partial charge on any atom is -0.435 e. The summed E-state index contributed by atoms with van der Waals surface area (Å²) in [6.07, 6.45) is 7.19. The Labute approximate surface area is 240 Å². The van der Waals surface area contributed by atoms with Gasteiger partial charge in [0.2, 0.25) is 0 Å². The fraction of sp³-hybridized carbons (Fsp3) is 0.346. The van der Waals surface area contributed by atoms with Crippen molar-refractivity contribution in [2.24, 2.45) is 0 Å². The van der Waals surface area contributed by atoms with Gasteiger partial charge >= 0.3 is 13.2 Å². The van der Waals surface area contributed by atoms with Crippen LogP contribution in [0.2, 0.25) is 0 Å². The number of nitrogens with one attached hydrogen (secondary N) is 1. The zero-order valence-electron chi connectivity index (χ0n) is 22.4. The molecule has 6 rings (SSSR count). The number of hydrogen-bond acceptors (Lipinski definition) is 10. The highest BCUT2D eigenvalue weighted by atomic mass is 19.3. The van der Waals surface area contributed by atoms with E-state index in [0.29, 0.717) is 29.1 Å². The number of aryl methyl sites for hydroxylation is 1. The minimum atomic E-state index is -3.19. The third-order valence-corrected chi connectivity index (χ3v) is 6.82. The Balaban J connectivity index is 1.33. The van der Waals surface area contributed by atoms with E-state index in [-0.39, 0.29) is 54.0 Å². The largest absolute Gasteiger partial charge is 0.435 e. The van der Waals surface area contributed by atoms with E-state index in [2.05, 4.69) is 45.4 Å². The number of ketones is 1. The van der Waals surface area contributed by atoms with Gasteiger partial charge in [-0.3, -0.25) is 9.48 Å². The Bertz CT molecular complexity index is 1730. The first-order chi connectivity index (χ1) is 20.8. The zero-order chi connectivity index (χ0) is 29.9. The van der Waals surface area contributed by atoms with E-state index in [9.17, 15) is 22.4 Å². The molecule has 1 fully saturated rings. The standard InChI is InChI=1S/C26H24F4N10O3/c27-25(28)42-17-3-5-21(43-26(29)30)18(10-17)23-15(2-4-20(41)19-12-33-39-9-1-7-32-24(19)39)13-38(36-23)14-22-34-37-40(35-22)16-6-8-31-11-16/h1,3,5,7,9-10,12-13,16,25-26,31H,2,4,6,8,11,14H2. The fourth-order valence-corrected chi connectivity index (χ4v) is 4.88. The van der Waals surface area contributed by atoms with E-state index in [1.54, 1.807) is 24.7 Å². The van der Waals surface area contributed by atoms with Crippen molar-refractivity contribution in [3.8, 4) is 22.8 Å². The Hall–Kier alpha value is -4.93. The van der Waals surface area contributed by atoms with E-state index in [4.69, 9.17) is 0 Å². The van der Waals surface area contributed by atoms with Gasteiger partial charge in [-0.25, -0.2) is 9.50 Å². The lowest BCUT2D eigenvalue weighted by atomic mass is 10.0. The number of carbonyl (C=O) groups is 1.